The zero-order valence-electron chi connectivity index (χ0n) is 17.8. The van der Waals surface area contributed by atoms with Crippen LogP contribution in [0, 0.1) is 5.92 Å². The summed E-state index contributed by atoms with van der Waals surface area (Å²) in [5.74, 6) is -1.45. The molecule has 2 unspecified atom stereocenters. The van der Waals surface area contributed by atoms with Crippen LogP contribution in [-0.4, -0.2) is 48.1 Å². The Morgan fingerprint density at radius 2 is 1.77 bits per heavy atom. The molecular weight excluding hydrogens is 419 g/mol. The molecule has 2 rings (SSSR count). The maximum absolute atomic E-state index is 13.0. The molecule has 0 aromatic heterocycles. The van der Waals surface area contributed by atoms with Crippen LogP contribution in [0.25, 0.3) is 0 Å². The lowest BCUT2D eigenvalue weighted by Crippen LogP contribution is -2.55. The molecule has 0 spiro atoms. The van der Waals surface area contributed by atoms with Crippen molar-refractivity contribution in [3.63, 3.8) is 0 Å². The first-order valence-electron chi connectivity index (χ1n) is 10.1. The second kappa shape index (κ2) is 11.7. The Kier molecular flexibility index (Phi) is 9.36. The fourth-order valence-corrected chi connectivity index (χ4v) is 3.37. The summed E-state index contributed by atoms with van der Waals surface area (Å²) >= 11 is 6.03. The van der Waals surface area contributed by atoms with Gasteiger partial charge in [0.05, 0.1) is 18.6 Å². The van der Waals surface area contributed by atoms with Gasteiger partial charge in [0.1, 0.15) is 11.8 Å². The summed E-state index contributed by atoms with van der Waals surface area (Å²) in [7, 11) is -0.277. The van der Waals surface area contributed by atoms with Crippen LogP contribution in [0.4, 0.5) is 0 Å². The van der Waals surface area contributed by atoms with Crippen LogP contribution >= 0.6 is 11.6 Å². The third kappa shape index (κ3) is 7.58. The van der Waals surface area contributed by atoms with Crippen molar-refractivity contribution in [2.75, 3.05) is 7.11 Å². The molecule has 7 nitrogen and oxygen atoms in total. The SMILES string of the molecule is COc1ccc(Cl)cc1C(=O)NC(Cc1ccccc1)C(=O)NC(CC(C)C)B(O)O. The molecule has 0 bridgehead atoms. The van der Waals surface area contributed by atoms with E-state index in [0.29, 0.717) is 17.2 Å². The van der Waals surface area contributed by atoms with Gasteiger partial charge in [0.25, 0.3) is 5.91 Å². The Morgan fingerprint density at radius 1 is 1.10 bits per heavy atom. The number of benzene rings is 2. The Labute approximate surface area is 187 Å². The van der Waals surface area contributed by atoms with Crippen LogP contribution in [0.3, 0.4) is 0 Å². The van der Waals surface area contributed by atoms with E-state index in [1.807, 2.05) is 44.2 Å². The minimum absolute atomic E-state index is 0.130. The summed E-state index contributed by atoms with van der Waals surface area (Å²) in [6, 6.07) is 12.9. The fourth-order valence-electron chi connectivity index (χ4n) is 3.20. The Balaban J connectivity index is 2.27. The molecule has 0 aliphatic rings. The molecule has 0 radical (unpaired) electrons. The van der Waals surface area contributed by atoms with Crippen LogP contribution in [-0.2, 0) is 11.2 Å². The minimum atomic E-state index is -1.72. The summed E-state index contributed by atoms with van der Waals surface area (Å²) in [6.07, 6.45) is 0.592. The Bertz CT molecular complexity index is 879. The van der Waals surface area contributed by atoms with Gasteiger partial charge in [-0.3, -0.25) is 9.59 Å². The summed E-state index contributed by atoms with van der Waals surface area (Å²) < 4.78 is 5.24. The number of nitrogens with one attached hydrogen (secondary N) is 2. The van der Waals surface area contributed by atoms with Gasteiger partial charge in [0.15, 0.2) is 0 Å². The van der Waals surface area contributed by atoms with Crippen molar-refractivity contribution in [2.24, 2.45) is 5.92 Å². The van der Waals surface area contributed by atoms with Gasteiger partial charge < -0.3 is 25.4 Å². The van der Waals surface area contributed by atoms with Crippen molar-refractivity contribution in [1.29, 1.82) is 0 Å². The predicted molar refractivity (Wildman–Crippen MR) is 121 cm³/mol. The lowest BCUT2D eigenvalue weighted by molar-refractivity contribution is -0.123. The zero-order valence-corrected chi connectivity index (χ0v) is 18.6. The molecule has 9 heteroatoms. The first-order valence-corrected chi connectivity index (χ1v) is 10.4. The number of carbonyl (C=O) groups excluding carboxylic acids is 2. The smallest absolute Gasteiger partial charge is 0.475 e. The molecule has 2 aromatic carbocycles. The fraction of sp³-hybridized carbons (Fsp3) is 0.364. The first kappa shape index (κ1) is 24.7. The molecule has 0 fully saturated rings. The molecule has 2 amide bonds. The number of halogens is 1. The molecule has 0 saturated heterocycles. The van der Waals surface area contributed by atoms with E-state index in [1.165, 1.54) is 13.2 Å². The van der Waals surface area contributed by atoms with Crippen molar-refractivity contribution in [3.8, 4) is 5.75 Å². The lowest BCUT2D eigenvalue weighted by atomic mass is 9.75. The van der Waals surface area contributed by atoms with Crippen LogP contribution < -0.4 is 15.4 Å². The molecule has 2 aromatic rings. The van der Waals surface area contributed by atoms with Gasteiger partial charge in [-0.15, -0.1) is 0 Å². The summed E-state index contributed by atoms with van der Waals surface area (Å²) in [5.41, 5.74) is 1.03. The highest BCUT2D eigenvalue weighted by molar-refractivity contribution is 6.43. The number of carbonyl (C=O) groups is 2. The molecule has 4 N–H and O–H groups in total. The molecule has 31 heavy (non-hydrogen) atoms. The molecule has 0 aliphatic heterocycles. The van der Waals surface area contributed by atoms with E-state index >= 15 is 0 Å². The summed E-state index contributed by atoms with van der Waals surface area (Å²) in [5, 5.41) is 25.1. The van der Waals surface area contributed by atoms with Gasteiger partial charge in [-0.25, -0.2) is 0 Å². The predicted octanol–water partition coefficient (Wildman–Crippen LogP) is 2.23. The molecule has 0 heterocycles. The van der Waals surface area contributed by atoms with E-state index in [9.17, 15) is 19.6 Å². The van der Waals surface area contributed by atoms with Gasteiger partial charge in [0.2, 0.25) is 5.91 Å². The highest BCUT2D eigenvalue weighted by Gasteiger charge is 2.30. The number of hydrogen-bond donors (Lipinski definition) is 4. The molecule has 0 saturated carbocycles. The van der Waals surface area contributed by atoms with E-state index in [2.05, 4.69) is 10.6 Å². The Hall–Kier alpha value is -2.55. The average molecular weight is 447 g/mol. The zero-order chi connectivity index (χ0) is 23.0. The van der Waals surface area contributed by atoms with Crippen LogP contribution in [0.15, 0.2) is 48.5 Å². The first-order chi connectivity index (χ1) is 14.7. The molecular formula is C22H28BClN2O5. The van der Waals surface area contributed by atoms with Crippen molar-refractivity contribution >= 4 is 30.5 Å². The quantitative estimate of drug-likeness (QED) is 0.419. The van der Waals surface area contributed by atoms with Crippen molar-refractivity contribution < 1.29 is 24.4 Å². The lowest BCUT2D eigenvalue weighted by Gasteiger charge is -2.24. The number of rotatable bonds is 10. The maximum atomic E-state index is 13.0. The van der Waals surface area contributed by atoms with Gasteiger partial charge in [-0.2, -0.15) is 0 Å². The van der Waals surface area contributed by atoms with Gasteiger partial charge in [-0.05, 0) is 36.1 Å². The second-order valence-corrected chi connectivity index (χ2v) is 8.16. The van der Waals surface area contributed by atoms with Crippen LogP contribution in [0.1, 0.15) is 36.2 Å². The highest BCUT2D eigenvalue weighted by atomic mass is 35.5. The topological polar surface area (TPSA) is 108 Å². The molecule has 166 valence electrons. The van der Waals surface area contributed by atoms with Crippen molar-refractivity contribution in [3.05, 3.63) is 64.7 Å². The van der Waals surface area contributed by atoms with Crippen LogP contribution in [0.2, 0.25) is 5.02 Å². The van der Waals surface area contributed by atoms with E-state index < -0.39 is 30.9 Å². The van der Waals surface area contributed by atoms with E-state index in [1.54, 1.807) is 12.1 Å². The number of methoxy groups -OCH3 is 1. The Morgan fingerprint density at radius 3 is 2.35 bits per heavy atom. The largest absolute Gasteiger partial charge is 0.496 e. The van der Waals surface area contributed by atoms with Gasteiger partial charge in [0, 0.05) is 11.4 Å². The highest BCUT2D eigenvalue weighted by Crippen LogP contribution is 2.22. The summed E-state index contributed by atoms with van der Waals surface area (Å²) in [4.78, 5) is 26.0. The third-order valence-electron chi connectivity index (χ3n) is 4.72. The number of amides is 2. The van der Waals surface area contributed by atoms with Gasteiger partial charge in [-0.1, -0.05) is 55.8 Å². The minimum Gasteiger partial charge on any atom is -0.496 e. The van der Waals surface area contributed by atoms with Crippen molar-refractivity contribution in [1.82, 2.24) is 10.6 Å². The van der Waals surface area contributed by atoms with Crippen LogP contribution in [0.5, 0.6) is 5.75 Å². The van der Waals surface area contributed by atoms with E-state index in [4.69, 9.17) is 16.3 Å². The maximum Gasteiger partial charge on any atom is 0.475 e. The third-order valence-corrected chi connectivity index (χ3v) is 4.96. The standard InChI is InChI=1S/C22H28BClN2O5/c1-14(2)11-20(23(29)30)26-22(28)18(12-15-7-5-4-6-8-15)25-21(27)17-13-16(24)9-10-19(17)31-3/h4-10,13-14,18,20,29-30H,11-12H2,1-3H3,(H,25,27)(H,26,28). The molecule has 2 atom stereocenters. The van der Waals surface area contributed by atoms with Gasteiger partial charge >= 0.3 is 7.12 Å². The second-order valence-electron chi connectivity index (χ2n) is 7.72. The van der Waals surface area contributed by atoms with E-state index in [-0.39, 0.29) is 17.9 Å². The number of hydrogen-bond acceptors (Lipinski definition) is 5. The summed E-state index contributed by atoms with van der Waals surface area (Å²) in [6.45, 7) is 3.83. The number of ether oxygens (including phenoxy) is 1. The van der Waals surface area contributed by atoms with E-state index in [0.717, 1.165) is 5.56 Å². The normalized spacial score (nSPS) is 12.7. The van der Waals surface area contributed by atoms with Crippen molar-refractivity contribution in [2.45, 2.75) is 38.7 Å². The monoisotopic (exact) mass is 446 g/mol. The molecule has 0 aliphatic carbocycles. The average Bonchev–Trinajstić information content (AvgIpc) is 2.73.